The number of hydrogen-bond donors (Lipinski definition) is 0. The van der Waals surface area contributed by atoms with Gasteiger partial charge >= 0.3 is 0 Å². The molecule has 1 atom stereocenters. The van der Waals surface area contributed by atoms with Crippen molar-refractivity contribution in [2.45, 2.75) is 32.6 Å². The van der Waals surface area contributed by atoms with Crippen molar-refractivity contribution < 1.29 is 0 Å². The second kappa shape index (κ2) is 6.69. The molecule has 2 aromatic rings. The van der Waals surface area contributed by atoms with Crippen LogP contribution in [0, 0.1) is 5.92 Å². The van der Waals surface area contributed by atoms with Crippen LogP contribution in [-0.2, 0) is 6.42 Å². The van der Waals surface area contributed by atoms with Gasteiger partial charge in [-0.15, -0.1) is 0 Å². The summed E-state index contributed by atoms with van der Waals surface area (Å²) in [6.45, 7) is 4.46. The highest BCUT2D eigenvalue weighted by molar-refractivity contribution is 5.55. The van der Waals surface area contributed by atoms with Gasteiger partial charge in [-0.3, -0.25) is 0 Å². The largest absolute Gasteiger partial charge is 0.233 e. The third-order valence-corrected chi connectivity index (χ3v) is 3.81. The lowest BCUT2D eigenvalue weighted by molar-refractivity contribution is 0.631. The average molecular weight is 290 g/mol. The predicted molar refractivity (Wildman–Crippen MR) is 91.6 cm³/mol. The molecule has 3 rings (SSSR count). The Balaban J connectivity index is 2.02. The molecular formula is C20H22N2. The minimum absolute atomic E-state index is 0.362. The van der Waals surface area contributed by atoms with Crippen molar-refractivity contribution in [3.63, 3.8) is 0 Å². The van der Waals surface area contributed by atoms with Crippen molar-refractivity contribution in [3.8, 4) is 11.4 Å². The van der Waals surface area contributed by atoms with E-state index in [2.05, 4.69) is 56.4 Å². The Bertz CT molecular complexity index is 684. The minimum atomic E-state index is 0.362. The van der Waals surface area contributed by atoms with E-state index >= 15 is 0 Å². The fraction of sp³-hybridized carbons (Fsp3) is 0.300. The molecule has 0 amide bonds. The number of allylic oxidation sites excluding steroid dienone is 4. The van der Waals surface area contributed by atoms with Crippen LogP contribution < -0.4 is 0 Å². The molecular weight excluding hydrogens is 268 g/mol. The lowest BCUT2D eigenvalue weighted by atomic mass is 9.95. The van der Waals surface area contributed by atoms with Crippen molar-refractivity contribution in [1.82, 2.24) is 9.97 Å². The summed E-state index contributed by atoms with van der Waals surface area (Å²) >= 11 is 0. The molecule has 1 aromatic carbocycles. The van der Waals surface area contributed by atoms with Gasteiger partial charge < -0.3 is 0 Å². The molecule has 0 fully saturated rings. The molecule has 112 valence electrons. The highest BCUT2D eigenvalue weighted by atomic mass is 14.9. The Kier molecular flexibility index (Phi) is 4.47. The second-order valence-corrected chi connectivity index (χ2v) is 6.23. The molecule has 1 aliphatic rings. The number of benzene rings is 1. The molecule has 0 spiro atoms. The summed E-state index contributed by atoms with van der Waals surface area (Å²) in [7, 11) is 0. The van der Waals surface area contributed by atoms with E-state index in [0.29, 0.717) is 11.8 Å². The van der Waals surface area contributed by atoms with E-state index in [1.165, 1.54) is 0 Å². The van der Waals surface area contributed by atoms with Crippen molar-refractivity contribution in [2.75, 3.05) is 0 Å². The molecule has 2 heteroatoms. The van der Waals surface area contributed by atoms with E-state index in [0.717, 1.165) is 35.6 Å². The van der Waals surface area contributed by atoms with E-state index < -0.39 is 0 Å². The van der Waals surface area contributed by atoms with Gasteiger partial charge in [0.25, 0.3) is 0 Å². The lowest BCUT2D eigenvalue weighted by Crippen LogP contribution is -2.07. The summed E-state index contributed by atoms with van der Waals surface area (Å²) in [4.78, 5) is 9.62. The van der Waals surface area contributed by atoms with E-state index in [1.54, 1.807) is 0 Å². The molecule has 0 saturated heterocycles. The van der Waals surface area contributed by atoms with E-state index in [1.807, 2.05) is 18.2 Å². The standard InChI is InChI=1S/C20H22N2/c1-15(2)13-18-14-19(16-9-5-3-6-10-16)22-20(21-18)17-11-7-4-8-12-17/h3-9,11-12,14-16H,10,13H2,1-2H3. The summed E-state index contributed by atoms with van der Waals surface area (Å²) < 4.78 is 0. The van der Waals surface area contributed by atoms with E-state index in [4.69, 9.17) is 9.97 Å². The molecule has 22 heavy (non-hydrogen) atoms. The smallest absolute Gasteiger partial charge is 0.159 e. The predicted octanol–water partition coefficient (Wildman–Crippen LogP) is 4.94. The maximum atomic E-state index is 4.84. The normalized spacial score (nSPS) is 17.1. The van der Waals surface area contributed by atoms with Crippen LogP contribution in [0.15, 0.2) is 60.7 Å². The molecule has 0 aliphatic heterocycles. The van der Waals surface area contributed by atoms with Crippen LogP contribution in [0.1, 0.15) is 37.6 Å². The van der Waals surface area contributed by atoms with Crippen molar-refractivity contribution in [1.29, 1.82) is 0 Å². The fourth-order valence-corrected chi connectivity index (χ4v) is 2.75. The maximum absolute atomic E-state index is 4.84. The molecule has 2 nitrogen and oxygen atoms in total. The highest BCUT2D eigenvalue weighted by Gasteiger charge is 2.14. The monoisotopic (exact) mass is 290 g/mol. The third-order valence-electron chi connectivity index (χ3n) is 3.81. The van der Waals surface area contributed by atoms with Gasteiger partial charge in [0.05, 0.1) is 5.69 Å². The Hall–Kier alpha value is -2.22. The quantitative estimate of drug-likeness (QED) is 0.797. The summed E-state index contributed by atoms with van der Waals surface area (Å²) in [5, 5.41) is 0. The van der Waals surface area contributed by atoms with Gasteiger partial charge in [0.2, 0.25) is 0 Å². The van der Waals surface area contributed by atoms with Crippen LogP contribution >= 0.6 is 0 Å². The van der Waals surface area contributed by atoms with Gasteiger partial charge in [-0.25, -0.2) is 9.97 Å². The van der Waals surface area contributed by atoms with Crippen molar-refractivity contribution in [2.24, 2.45) is 5.92 Å². The van der Waals surface area contributed by atoms with E-state index in [-0.39, 0.29) is 0 Å². The number of nitrogens with zero attached hydrogens (tertiary/aromatic N) is 2. The Morgan fingerprint density at radius 1 is 1.09 bits per heavy atom. The summed E-state index contributed by atoms with van der Waals surface area (Å²) in [5.74, 6) is 1.80. The first-order valence-corrected chi connectivity index (χ1v) is 7.99. The average Bonchev–Trinajstić information content (AvgIpc) is 2.55. The summed E-state index contributed by atoms with van der Waals surface area (Å²) in [5.41, 5.74) is 3.36. The molecule has 0 saturated carbocycles. The topological polar surface area (TPSA) is 25.8 Å². The van der Waals surface area contributed by atoms with Crippen molar-refractivity contribution in [3.05, 3.63) is 72.1 Å². The zero-order chi connectivity index (χ0) is 15.4. The first-order valence-electron chi connectivity index (χ1n) is 7.99. The first kappa shape index (κ1) is 14.7. The van der Waals surface area contributed by atoms with Gasteiger partial charge in [0.15, 0.2) is 5.82 Å². The molecule has 0 bridgehead atoms. The SMILES string of the molecule is CC(C)Cc1cc(C2C=CC=CC2)nc(-c2ccccc2)n1. The molecule has 1 unspecified atom stereocenters. The third kappa shape index (κ3) is 3.51. The molecule has 0 radical (unpaired) electrons. The molecule has 1 aromatic heterocycles. The summed E-state index contributed by atoms with van der Waals surface area (Å²) in [6, 6.07) is 12.4. The molecule has 0 N–H and O–H groups in total. The first-order chi connectivity index (χ1) is 10.7. The zero-order valence-electron chi connectivity index (χ0n) is 13.2. The van der Waals surface area contributed by atoms with Gasteiger partial charge in [-0.05, 0) is 24.8 Å². The lowest BCUT2D eigenvalue weighted by Gasteiger charge is -2.16. The number of hydrogen-bond acceptors (Lipinski definition) is 2. The Morgan fingerprint density at radius 2 is 1.91 bits per heavy atom. The molecule has 1 heterocycles. The van der Waals surface area contributed by atoms with Gasteiger partial charge in [-0.1, -0.05) is 68.5 Å². The minimum Gasteiger partial charge on any atom is -0.233 e. The van der Waals surface area contributed by atoms with Crippen molar-refractivity contribution >= 4 is 0 Å². The van der Waals surface area contributed by atoms with Gasteiger partial charge in [0, 0.05) is 17.2 Å². The van der Waals surface area contributed by atoms with Crippen LogP contribution in [0.3, 0.4) is 0 Å². The Morgan fingerprint density at radius 3 is 2.59 bits per heavy atom. The van der Waals surface area contributed by atoms with E-state index in [9.17, 15) is 0 Å². The van der Waals surface area contributed by atoms with Crippen LogP contribution in [-0.4, -0.2) is 9.97 Å². The fourth-order valence-electron chi connectivity index (χ4n) is 2.75. The van der Waals surface area contributed by atoms with Gasteiger partial charge in [-0.2, -0.15) is 0 Å². The highest BCUT2D eigenvalue weighted by Crippen LogP contribution is 2.26. The Labute approximate surface area is 132 Å². The number of aromatic nitrogens is 2. The van der Waals surface area contributed by atoms with Crippen LogP contribution in [0.2, 0.25) is 0 Å². The zero-order valence-corrected chi connectivity index (χ0v) is 13.2. The second-order valence-electron chi connectivity index (χ2n) is 6.23. The number of rotatable bonds is 4. The summed E-state index contributed by atoms with van der Waals surface area (Å²) in [6.07, 6.45) is 10.7. The van der Waals surface area contributed by atoms with Crippen LogP contribution in [0.25, 0.3) is 11.4 Å². The van der Waals surface area contributed by atoms with Gasteiger partial charge in [0.1, 0.15) is 0 Å². The van der Waals surface area contributed by atoms with Crippen LogP contribution in [0.5, 0.6) is 0 Å². The van der Waals surface area contributed by atoms with Crippen LogP contribution in [0.4, 0.5) is 0 Å². The maximum Gasteiger partial charge on any atom is 0.159 e. The molecule has 1 aliphatic carbocycles.